The summed E-state index contributed by atoms with van der Waals surface area (Å²) in [5, 5.41) is 10.9. The highest BCUT2D eigenvalue weighted by molar-refractivity contribution is 5.29. The SMILES string of the molecule is CC1(C)CCC2(C)C(=CCC3(C)C2CCC2C4(C)CCC(O)C(C)(C)C4CCC23C)C1. The third kappa shape index (κ3) is 2.71. The van der Waals surface area contributed by atoms with Gasteiger partial charge in [0, 0.05) is 0 Å². The van der Waals surface area contributed by atoms with E-state index < -0.39 is 0 Å². The van der Waals surface area contributed by atoms with Crippen LogP contribution in [0, 0.1) is 50.2 Å². The van der Waals surface area contributed by atoms with E-state index in [1.165, 1.54) is 57.8 Å². The second-order valence-corrected chi connectivity index (χ2v) is 15.2. The highest BCUT2D eigenvalue weighted by atomic mass is 16.3. The van der Waals surface area contributed by atoms with Gasteiger partial charge in [-0.15, -0.1) is 0 Å². The van der Waals surface area contributed by atoms with Gasteiger partial charge in [-0.05, 0) is 114 Å². The summed E-state index contributed by atoms with van der Waals surface area (Å²) in [7, 11) is 0. The molecule has 4 fully saturated rings. The molecule has 5 aliphatic carbocycles. The second kappa shape index (κ2) is 6.43. The maximum absolute atomic E-state index is 10.9. The van der Waals surface area contributed by atoms with Crippen molar-refractivity contribution in [3.63, 3.8) is 0 Å². The largest absolute Gasteiger partial charge is 0.393 e. The predicted molar refractivity (Wildman–Crippen MR) is 131 cm³/mol. The molecule has 1 heteroatoms. The molecule has 8 unspecified atom stereocenters. The normalized spacial score (nSPS) is 55.2. The summed E-state index contributed by atoms with van der Waals surface area (Å²) in [5.41, 5.74) is 4.03. The lowest BCUT2D eigenvalue weighted by atomic mass is 9.32. The Labute approximate surface area is 192 Å². The van der Waals surface area contributed by atoms with E-state index in [-0.39, 0.29) is 11.5 Å². The Kier molecular flexibility index (Phi) is 4.66. The molecule has 0 saturated heterocycles. The molecule has 1 nitrogen and oxygen atoms in total. The Hall–Kier alpha value is -0.300. The quantitative estimate of drug-likeness (QED) is 0.387. The number of aliphatic hydroxyl groups excluding tert-OH is 1. The van der Waals surface area contributed by atoms with Crippen LogP contribution in [0.25, 0.3) is 0 Å². The van der Waals surface area contributed by atoms with Crippen molar-refractivity contribution in [2.75, 3.05) is 0 Å². The molecule has 0 amide bonds. The number of allylic oxidation sites excluding steroid dienone is 2. The van der Waals surface area contributed by atoms with Crippen molar-refractivity contribution in [3.8, 4) is 0 Å². The molecular weight excluding hydrogens is 376 g/mol. The number of hydrogen-bond acceptors (Lipinski definition) is 1. The average molecular weight is 427 g/mol. The molecule has 5 rings (SSSR count). The van der Waals surface area contributed by atoms with Gasteiger partial charge in [0.2, 0.25) is 0 Å². The fraction of sp³-hybridized carbons (Fsp3) is 0.933. The first-order valence-corrected chi connectivity index (χ1v) is 13.6. The molecule has 176 valence electrons. The van der Waals surface area contributed by atoms with Crippen molar-refractivity contribution < 1.29 is 5.11 Å². The van der Waals surface area contributed by atoms with Gasteiger partial charge in [0.05, 0.1) is 6.10 Å². The molecule has 0 aromatic carbocycles. The van der Waals surface area contributed by atoms with Crippen LogP contribution in [0.2, 0.25) is 0 Å². The van der Waals surface area contributed by atoms with E-state index in [0.717, 1.165) is 18.3 Å². The monoisotopic (exact) mass is 426 g/mol. The summed E-state index contributed by atoms with van der Waals surface area (Å²) in [5.74, 6) is 2.33. The van der Waals surface area contributed by atoms with Gasteiger partial charge in [0.25, 0.3) is 0 Å². The lowest BCUT2D eigenvalue weighted by Gasteiger charge is -2.73. The highest BCUT2D eigenvalue weighted by Crippen LogP contribution is 2.76. The van der Waals surface area contributed by atoms with Gasteiger partial charge in [-0.1, -0.05) is 67.0 Å². The Bertz CT molecular complexity index is 790. The fourth-order valence-electron chi connectivity index (χ4n) is 10.9. The number of rotatable bonds is 0. The smallest absolute Gasteiger partial charge is 0.0594 e. The van der Waals surface area contributed by atoms with E-state index in [2.05, 4.69) is 61.5 Å². The van der Waals surface area contributed by atoms with E-state index in [4.69, 9.17) is 0 Å². The second-order valence-electron chi connectivity index (χ2n) is 15.2. The molecule has 0 heterocycles. The predicted octanol–water partition coefficient (Wildman–Crippen LogP) is 8.17. The Morgan fingerprint density at radius 1 is 0.710 bits per heavy atom. The molecule has 4 saturated carbocycles. The minimum atomic E-state index is -0.119. The average Bonchev–Trinajstić information content (AvgIpc) is 2.67. The highest BCUT2D eigenvalue weighted by Gasteiger charge is 2.69. The molecule has 1 N–H and O–H groups in total. The number of hydrogen-bond donors (Lipinski definition) is 1. The van der Waals surface area contributed by atoms with E-state index in [1.807, 2.05) is 5.57 Å². The molecule has 0 spiro atoms. The van der Waals surface area contributed by atoms with Crippen molar-refractivity contribution in [3.05, 3.63) is 11.6 Å². The molecular formula is C30H50O. The zero-order valence-electron chi connectivity index (χ0n) is 21.9. The standard InChI is InChI=1S/C30H50O/c1-25(2)17-18-27(5)20(19-25)11-15-29(7)22(27)9-10-23-28(6)14-13-24(31)26(3,4)21(28)12-16-30(23,29)8/h11,21-24,31H,9-10,12-19H2,1-8H3. The zero-order valence-corrected chi connectivity index (χ0v) is 21.9. The van der Waals surface area contributed by atoms with Gasteiger partial charge in [-0.25, -0.2) is 0 Å². The van der Waals surface area contributed by atoms with Gasteiger partial charge in [0.1, 0.15) is 0 Å². The van der Waals surface area contributed by atoms with E-state index in [9.17, 15) is 5.11 Å². The third-order valence-corrected chi connectivity index (χ3v) is 13.1. The van der Waals surface area contributed by atoms with E-state index >= 15 is 0 Å². The maximum Gasteiger partial charge on any atom is 0.0594 e. The van der Waals surface area contributed by atoms with Gasteiger partial charge in [-0.2, -0.15) is 0 Å². The first-order valence-electron chi connectivity index (χ1n) is 13.6. The molecule has 0 aromatic heterocycles. The van der Waals surface area contributed by atoms with Crippen molar-refractivity contribution >= 4 is 0 Å². The summed E-state index contributed by atoms with van der Waals surface area (Å²) in [6.45, 7) is 20.5. The van der Waals surface area contributed by atoms with Crippen LogP contribution in [0.5, 0.6) is 0 Å². The van der Waals surface area contributed by atoms with E-state index in [1.54, 1.807) is 0 Å². The zero-order chi connectivity index (χ0) is 22.7. The van der Waals surface area contributed by atoms with Crippen molar-refractivity contribution in [1.29, 1.82) is 0 Å². The van der Waals surface area contributed by atoms with Crippen molar-refractivity contribution in [1.82, 2.24) is 0 Å². The van der Waals surface area contributed by atoms with Gasteiger partial charge in [-0.3, -0.25) is 0 Å². The minimum absolute atomic E-state index is 0.0622. The molecule has 0 aromatic rings. The van der Waals surface area contributed by atoms with Crippen LogP contribution in [-0.4, -0.2) is 11.2 Å². The van der Waals surface area contributed by atoms with Crippen LogP contribution in [-0.2, 0) is 0 Å². The summed E-state index contributed by atoms with van der Waals surface area (Å²) in [6, 6.07) is 0. The third-order valence-electron chi connectivity index (χ3n) is 13.1. The molecule has 0 bridgehead atoms. The number of fused-ring (bicyclic) bond motifs is 7. The molecule has 8 atom stereocenters. The van der Waals surface area contributed by atoms with Crippen LogP contribution < -0.4 is 0 Å². The van der Waals surface area contributed by atoms with Gasteiger partial charge < -0.3 is 5.11 Å². The number of aliphatic hydroxyl groups is 1. The maximum atomic E-state index is 10.9. The fourth-order valence-corrected chi connectivity index (χ4v) is 10.9. The van der Waals surface area contributed by atoms with E-state index in [0.29, 0.717) is 33.0 Å². The van der Waals surface area contributed by atoms with Crippen LogP contribution in [0.15, 0.2) is 11.6 Å². The van der Waals surface area contributed by atoms with Crippen LogP contribution >= 0.6 is 0 Å². The van der Waals surface area contributed by atoms with Crippen molar-refractivity contribution in [2.45, 2.75) is 126 Å². The van der Waals surface area contributed by atoms with Crippen molar-refractivity contribution in [2.24, 2.45) is 50.2 Å². The molecule has 31 heavy (non-hydrogen) atoms. The Morgan fingerprint density at radius 2 is 1.39 bits per heavy atom. The van der Waals surface area contributed by atoms with Crippen LogP contribution in [0.4, 0.5) is 0 Å². The van der Waals surface area contributed by atoms with Crippen LogP contribution in [0.1, 0.15) is 120 Å². The Balaban J connectivity index is 1.55. The minimum Gasteiger partial charge on any atom is -0.393 e. The first kappa shape index (κ1) is 22.5. The lowest BCUT2D eigenvalue weighted by molar-refractivity contribution is -0.237. The van der Waals surface area contributed by atoms with Gasteiger partial charge >= 0.3 is 0 Å². The Morgan fingerprint density at radius 3 is 2.10 bits per heavy atom. The summed E-state index contributed by atoms with van der Waals surface area (Å²) >= 11 is 0. The molecule has 0 aliphatic heterocycles. The lowest BCUT2D eigenvalue weighted by Crippen LogP contribution is -2.66. The molecule has 0 radical (unpaired) electrons. The molecule has 5 aliphatic rings. The van der Waals surface area contributed by atoms with Crippen LogP contribution in [0.3, 0.4) is 0 Å². The summed E-state index contributed by atoms with van der Waals surface area (Å²) in [4.78, 5) is 0. The first-order chi connectivity index (χ1) is 14.2. The topological polar surface area (TPSA) is 20.2 Å². The summed E-state index contributed by atoms with van der Waals surface area (Å²) in [6.07, 6.45) is 15.8. The summed E-state index contributed by atoms with van der Waals surface area (Å²) < 4.78 is 0. The van der Waals surface area contributed by atoms with Gasteiger partial charge in [0.15, 0.2) is 0 Å².